The van der Waals surface area contributed by atoms with Crippen molar-refractivity contribution in [3.05, 3.63) is 29.3 Å². The number of piperidine rings is 1. The van der Waals surface area contributed by atoms with Gasteiger partial charge in [0.1, 0.15) is 11.9 Å². The molecule has 1 aromatic rings. The molecule has 2 aliphatic rings. The number of halogens is 1. The Morgan fingerprint density at radius 2 is 2.12 bits per heavy atom. The van der Waals surface area contributed by atoms with E-state index in [1.807, 2.05) is 18.2 Å². The van der Waals surface area contributed by atoms with Crippen molar-refractivity contribution in [1.29, 1.82) is 0 Å². The van der Waals surface area contributed by atoms with E-state index in [0.29, 0.717) is 6.61 Å². The molecule has 3 rings (SSSR count). The van der Waals surface area contributed by atoms with Crippen LogP contribution in [0.3, 0.4) is 0 Å². The first-order valence-corrected chi connectivity index (χ1v) is 6.45. The molecular weight excluding hydrogens is 217 g/mol. The van der Waals surface area contributed by atoms with Crippen LogP contribution in [0.15, 0.2) is 18.2 Å². The molecule has 1 unspecified atom stereocenters. The standard InChI is InChI=1S/C14H18FNO/c15-13(10-4-7-16-8-5-10)12-3-1-2-11-6-9-17-14(11)12/h1-3,10,13,16H,4-9H2. The molecule has 0 spiro atoms. The Bertz CT molecular complexity index is 401. The number of fused-ring (bicyclic) bond motifs is 1. The minimum absolute atomic E-state index is 0.145. The van der Waals surface area contributed by atoms with E-state index in [9.17, 15) is 4.39 Å². The van der Waals surface area contributed by atoms with Crippen molar-refractivity contribution in [2.75, 3.05) is 19.7 Å². The molecule has 17 heavy (non-hydrogen) atoms. The quantitative estimate of drug-likeness (QED) is 0.851. The Morgan fingerprint density at radius 1 is 1.29 bits per heavy atom. The van der Waals surface area contributed by atoms with Crippen LogP contribution in [0.4, 0.5) is 4.39 Å². The van der Waals surface area contributed by atoms with Gasteiger partial charge in [0.25, 0.3) is 0 Å². The monoisotopic (exact) mass is 235 g/mol. The highest BCUT2D eigenvalue weighted by molar-refractivity contribution is 5.45. The summed E-state index contributed by atoms with van der Waals surface area (Å²) in [5, 5.41) is 3.28. The average Bonchev–Trinajstić information content (AvgIpc) is 2.87. The lowest BCUT2D eigenvalue weighted by Gasteiger charge is -2.26. The number of ether oxygens (including phenoxy) is 1. The van der Waals surface area contributed by atoms with Crippen molar-refractivity contribution >= 4 is 0 Å². The third-order valence-corrected chi connectivity index (χ3v) is 3.84. The van der Waals surface area contributed by atoms with Gasteiger partial charge < -0.3 is 10.1 Å². The van der Waals surface area contributed by atoms with Crippen molar-refractivity contribution in [1.82, 2.24) is 5.32 Å². The van der Waals surface area contributed by atoms with Gasteiger partial charge in [-0.3, -0.25) is 0 Å². The van der Waals surface area contributed by atoms with Crippen molar-refractivity contribution in [3.8, 4) is 5.75 Å². The predicted octanol–water partition coefficient (Wildman–Crippen LogP) is 2.63. The van der Waals surface area contributed by atoms with Crippen LogP contribution in [0.5, 0.6) is 5.75 Å². The summed E-state index contributed by atoms with van der Waals surface area (Å²) in [7, 11) is 0. The van der Waals surface area contributed by atoms with Crippen LogP contribution in [0.1, 0.15) is 30.1 Å². The van der Waals surface area contributed by atoms with Crippen molar-refractivity contribution in [3.63, 3.8) is 0 Å². The Hall–Kier alpha value is -1.09. The number of benzene rings is 1. The Kier molecular flexibility index (Phi) is 3.02. The summed E-state index contributed by atoms with van der Waals surface area (Å²) in [6.45, 7) is 2.56. The lowest BCUT2D eigenvalue weighted by Crippen LogP contribution is -2.29. The normalized spacial score (nSPS) is 21.9. The van der Waals surface area contributed by atoms with E-state index in [0.717, 1.165) is 43.7 Å². The van der Waals surface area contributed by atoms with Gasteiger partial charge in [0.15, 0.2) is 0 Å². The van der Waals surface area contributed by atoms with Crippen molar-refractivity contribution in [2.45, 2.75) is 25.4 Å². The lowest BCUT2D eigenvalue weighted by atomic mass is 9.88. The van der Waals surface area contributed by atoms with Crippen LogP contribution in [0.2, 0.25) is 0 Å². The number of alkyl halides is 1. The van der Waals surface area contributed by atoms with Gasteiger partial charge >= 0.3 is 0 Å². The Morgan fingerprint density at radius 3 is 2.94 bits per heavy atom. The van der Waals surface area contributed by atoms with Crippen LogP contribution < -0.4 is 10.1 Å². The van der Waals surface area contributed by atoms with E-state index in [1.165, 1.54) is 5.56 Å². The van der Waals surface area contributed by atoms with Gasteiger partial charge in [0.2, 0.25) is 0 Å². The largest absolute Gasteiger partial charge is 0.493 e. The summed E-state index contributed by atoms with van der Waals surface area (Å²) in [6.07, 6.45) is 1.89. The average molecular weight is 235 g/mol. The molecule has 2 nitrogen and oxygen atoms in total. The number of hydrogen-bond donors (Lipinski definition) is 1. The summed E-state index contributed by atoms with van der Waals surface area (Å²) >= 11 is 0. The molecule has 92 valence electrons. The van der Waals surface area contributed by atoms with Gasteiger partial charge in [-0.1, -0.05) is 18.2 Å². The summed E-state index contributed by atoms with van der Waals surface area (Å²) in [6, 6.07) is 5.88. The number of nitrogens with one attached hydrogen (secondary N) is 1. The van der Waals surface area contributed by atoms with Gasteiger partial charge in [-0.05, 0) is 37.4 Å². The zero-order chi connectivity index (χ0) is 11.7. The van der Waals surface area contributed by atoms with E-state index in [-0.39, 0.29) is 5.92 Å². The summed E-state index contributed by atoms with van der Waals surface area (Å²) < 4.78 is 20.2. The second kappa shape index (κ2) is 4.65. The highest BCUT2D eigenvalue weighted by Crippen LogP contribution is 2.40. The zero-order valence-corrected chi connectivity index (χ0v) is 9.92. The zero-order valence-electron chi connectivity index (χ0n) is 9.92. The molecular formula is C14H18FNO. The van der Waals surface area contributed by atoms with Crippen LogP contribution in [-0.2, 0) is 6.42 Å². The number of rotatable bonds is 2. The van der Waals surface area contributed by atoms with Crippen LogP contribution in [0.25, 0.3) is 0 Å². The third-order valence-electron chi connectivity index (χ3n) is 3.84. The highest BCUT2D eigenvalue weighted by atomic mass is 19.1. The van der Waals surface area contributed by atoms with Crippen molar-refractivity contribution in [2.24, 2.45) is 5.92 Å². The minimum atomic E-state index is -0.870. The van der Waals surface area contributed by atoms with Crippen LogP contribution in [-0.4, -0.2) is 19.7 Å². The first-order valence-electron chi connectivity index (χ1n) is 6.45. The number of hydrogen-bond acceptors (Lipinski definition) is 2. The van der Waals surface area contributed by atoms with Crippen LogP contribution >= 0.6 is 0 Å². The van der Waals surface area contributed by atoms with Crippen molar-refractivity contribution < 1.29 is 9.13 Å². The maximum absolute atomic E-state index is 14.6. The fourth-order valence-corrected chi connectivity index (χ4v) is 2.85. The second-order valence-corrected chi connectivity index (χ2v) is 4.92. The molecule has 2 aliphatic heterocycles. The molecule has 2 heterocycles. The molecule has 1 atom stereocenters. The van der Waals surface area contributed by atoms with Gasteiger partial charge in [0, 0.05) is 12.0 Å². The molecule has 0 aliphatic carbocycles. The lowest BCUT2D eigenvalue weighted by molar-refractivity contribution is 0.185. The van der Waals surface area contributed by atoms with Gasteiger partial charge in [0.05, 0.1) is 6.61 Å². The second-order valence-electron chi connectivity index (χ2n) is 4.92. The Balaban J connectivity index is 1.85. The third kappa shape index (κ3) is 2.04. The van der Waals surface area contributed by atoms with Gasteiger partial charge in [-0.25, -0.2) is 4.39 Å². The maximum Gasteiger partial charge on any atom is 0.132 e. The molecule has 3 heteroatoms. The first-order chi connectivity index (χ1) is 8.36. The van der Waals surface area contributed by atoms with Gasteiger partial charge in [-0.2, -0.15) is 0 Å². The minimum Gasteiger partial charge on any atom is -0.493 e. The molecule has 1 saturated heterocycles. The van der Waals surface area contributed by atoms with E-state index in [4.69, 9.17) is 4.74 Å². The Labute approximate surface area is 101 Å². The molecule has 0 amide bonds. The number of para-hydroxylation sites is 1. The van der Waals surface area contributed by atoms with Crippen LogP contribution in [0, 0.1) is 5.92 Å². The van der Waals surface area contributed by atoms with E-state index in [1.54, 1.807) is 0 Å². The van der Waals surface area contributed by atoms with E-state index >= 15 is 0 Å². The summed E-state index contributed by atoms with van der Waals surface area (Å²) in [5.41, 5.74) is 1.94. The topological polar surface area (TPSA) is 21.3 Å². The summed E-state index contributed by atoms with van der Waals surface area (Å²) in [5.74, 6) is 0.963. The molecule has 0 bridgehead atoms. The van der Waals surface area contributed by atoms with E-state index < -0.39 is 6.17 Å². The smallest absolute Gasteiger partial charge is 0.132 e. The molecule has 0 aromatic heterocycles. The first kappa shape index (κ1) is 11.0. The molecule has 1 aromatic carbocycles. The molecule has 0 saturated carbocycles. The molecule has 0 radical (unpaired) electrons. The maximum atomic E-state index is 14.6. The highest BCUT2D eigenvalue weighted by Gasteiger charge is 2.29. The van der Waals surface area contributed by atoms with Gasteiger partial charge in [-0.15, -0.1) is 0 Å². The fraction of sp³-hybridized carbons (Fsp3) is 0.571. The summed E-state index contributed by atoms with van der Waals surface area (Å²) in [4.78, 5) is 0. The SMILES string of the molecule is FC(c1cccc2c1OCC2)C1CCNCC1. The molecule has 1 N–H and O–H groups in total. The molecule has 1 fully saturated rings. The van der Waals surface area contributed by atoms with E-state index in [2.05, 4.69) is 5.32 Å². The fourth-order valence-electron chi connectivity index (χ4n) is 2.85. The predicted molar refractivity (Wildman–Crippen MR) is 65.1 cm³/mol.